The van der Waals surface area contributed by atoms with E-state index in [2.05, 4.69) is 15.4 Å². The van der Waals surface area contributed by atoms with Gasteiger partial charge in [-0.15, -0.1) is 0 Å². The largest absolute Gasteiger partial charge is 0.468 e. The Morgan fingerprint density at radius 3 is 2.93 bits per heavy atom. The highest BCUT2D eigenvalue weighted by molar-refractivity contribution is 5.82. The van der Waals surface area contributed by atoms with Crippen LogP contribution < -0.4 is 19.5 Å². The lowest BCUT2D eigenvalue weighted by Gasteiger charge is -2.09. The Labute approximate surface area is 156 Å². The first-order chi connectivity index (χ1) is 13.0. The number of amides is 1. The number of benzene rings is 1. The molecule has 1 N–H and O–H groups in total. The van der Waals surface area contributed by atoms with E-state index in [0.29, 0.717) is 18.2 Å². The van der Waals surface area contributed by atoms with E-state index in [9.17, 15) is 4.79 Å². The molecule has 0 bridgehead atoms. The summed E-state index contributed by atoms with van der Waals surface area (Å²) in [4.78, 5) is 16.6. The van der Waals surface area contributed by atoms with Gasteiger partial charge in [-0.1, -0.05) is 6.07 Å². The number of fused-ring (bicyclic) bond motifs is 2. The topological polar surface area (TPSA) is 87.5 Å². The van der Waals surface area contributed by atoms with Crippen molar-refractivity contribution in [3.8, 4) is 17.4 Å². The van der Waals surface area contributed by atoms with Gasteiger partial charge in [-0.2, -0.15) is 10.1 Å². The number of aromatic nitrogens is 3. The minimum absolute atomic E-state index is 0.112. The van der Waals surface area contributed by atoms with E-state index in [-0.39, 0.29) is 19.3 Å². The molecule has 27 heavy (non-hydrogen) atoms. The molecule has 1 aliphatic rings. The van der Waals surface area contributed by atoms with E-state index >= 15 is 0 Å². The summed E-state index contributed by atoms with van der Waals surface area (Å²) in [5, 5.41) is 8.21. The fraction of sp³-hybridized carbons (Fsp3) is 0.316. The quantitative estimate of drug-likeness (QED) is 0.741. The molecule has 1 amide bonds. The zero-order valence-electron chi connectivity index (χ0n) is 15.4. The van der Waals surface area contributed by atoms with Gasteiger partial charge in [0, 0.05) is 25.0 Å². The van der Waals surface area contributed by atoms with Crippen molar-refractivity contribution >= 4 is 16.9 Å². The molecule has 8 heteroatoms. The van der Waals surface area contributed by atoms with Crippen LogP contribution in [0.15, 0.2) is 24.3 Å². The van der Waals surface area contributed by atoms with Crippen molar-refractivity contribution in [2.45, 2.75) is 20.4 Å². The highest BCUT2D eigenvalue weighted by Gasteiger charge is 2.14. The van der Waals surface area contributed by atoms with Crippen molar-refractivity contribution in [3.63, 3.8) is 0 Å². The summed E-state index contributed by atoms with van der Waals surface area (Å²) in [6, 6.07) is 7.39. The third kappa shape index (κ3) is 3.38. The zero-order chi connectivity index (χ0) is 19.0. The average Bonchev–Trinajstić information content (AvgIpc) is 3.22. The molecule has 4 rings (SSSR count). The highest BCUT2D eigenvalue weighted by Crippen LogP contribution is 2.32. The number of nitrogens with zero attached hydrogens (tertiary/aromatic N) is 3. The maximum atomic E-state index is 12.1. The molecule has 0 spiro atoms. The lowest BCUT2D eigenvalue weighted by atomic mass is 10.2. The number of rotatable bonds is 5. The molecule has 1 aromatic carbocycles. The summed E-state index contributed by atoms with van der Waals surface area (Å²) in [5.41, 5.74) is 3.60. The van der Waals surface area contributed by atoms with Crippen molar-refractivity contribution in [3.05, 3.63) is 41.1 Å². The van der Waals surface area contributed by atoms with Crippen molar-refractivity contribution in [2.75, 3.05) is 13.4 Å². The Morgan fingerprint density at radius 1 is 1.26 bits per heavy atom. The van der Waals surface area contributed by atoms with Crippen LogP contribution in [0, 0.1) is 13.8 Å². The number of nitrogens with one attached hydrogen (secondary N) is 1. The molecule has 0 atom stereocenters. The van der Waals surface area contributed by atoms with Crippen LogP contribution in [0.4, 0.5) is 0 Å². The molecule has 3 heterocycles. The van der Waals surface area contributed by atoms with Gasteiger partial charge in [-0.05, 0) is 37.1 Å². The van der Waals surface area contributed by atoms with Crippen LogP contribution in [0.25, 0.3) is 11.0 Å². The van der Waals surface area contributed by atoms with E-state index in [4.69, 9.17) is 14.2 Å². The number of pyridine rings is 1. The Morgan fingerprint density at radius 2 is 2.07 bits per heavy atom. The SMILES string of the molecule is Cc1cc(OCC(=O)NCc2ccc3c(c2)OCO3)nc2c1c(C)nn2C. The normalized spacial score (nSPS) is 12.4. The lowest BCUT2D eigenvalue weighted by molar-refractivity contribution is -0.123. The Balaban J connectivity index is 1.36. The van der Waals surface area contributed by atoms with Crippen molar-refractivity contribution in [2.24, 2.45) is 7.05 Å². The molecule has 8 nitrogen and oxygen atoms in total. The third-order valence-electron chi connectivity index (χ3n) is 4.42. The van der Waals surface area contributed by atoms with Crippen LogP contribution >= 0.6 is 0 Å². The van der Waals surface area contributed by atoms with Gasteiger partial charge in [-0.25, -0.2) is 0 Å². The Hall–Kier alpha value is -3.29. The number of hydrogen-bond acceptors (Lipinski definition) is 6. The summed E-state index contributed by atoms with van der Waals surface area (Å²) in [7, 11) is 1.84. The maximum absolute atomic E-state index is 12.1. The lowest BCUT2D eigenvalue weighted by Crippen LogP contribution is -2.28. The molecule has 0 unspecified atom stereocenters. The summed E-state index contributed by atoms with van der Waals surface area (Å²) in [6.07, 6.45) is 0. The second kappa shape index (κ2) is 6.79. The summed E-state index contributed by atoms with van der Waals surface area (Å²) < 4.78 is 17.9. The molecule has 0 saturated carbocycles. The van der Waals surface area contributed by atoms with E-state index in [1.807, 2.05) is 45.2 Å². The van der Waals surface area contributed by atoms with Gasteiger partial charge in [-0.3, -0.25) is 9.48 Å². The standard InChI is InChI=1S/C19H20N4O4/c1-11-6-17(21-19-18(11)12(2)22-23(19)3)25-9-16(24)20-8-13-4-5-14-15(7-13)27-10-26-14/h4-7H,8-10H2,1-3H3,(H,20,24). The van der Waals surface area contributed by atoms with E-state index in [1.54, 1.807) is 4.68 Å². The maximum Gasteiger partial charge on any atom is 0.258 e. The predicted octanol–water partition coefficient (Wildman–Crippen LogP) is 2.01. The van der Waals surface area contributed by atoms with Crippen molar-refractivity contribution in [1.82, 2.24) is 20.1 Å². The number of carbonyl (C=O) groups is 1. The van der Waals surface area contributed by atoms with Gasteiger partial charge < -0.3 is 19.5 Å². The van der Waals surface area contributed by atoms with Gasteiger partial charge in [0.25, 0.3) is 5.91 Å². The van der Waals surface area contributed by atoms with Crippen LogP contribution in [-0.4, -0.2) is 34.1 Å². The van der Waals surface area contributed by atoms with Crippen molar-refractivity contribution < 1.29 is 19.0 Å². The molecule has 2 aromatic heterocycles. The minimum atomic E-state index is -0.228. The van der Waals surface area contributed by atoms with E-state index in [0.717, 1.165) is 33.6 Å². The van der Waals surface area contributed by atoms with Gasteiger partial charge in [0.05, 0.1) is 5.69 Å². The summed E-state index contributed by atoms with van der Waals surface area (Å²) in [5.74, 6) is 1.59. The second-order valence-electron chi connectivity index (χ2n) is 6.44. The molecule has 0 aliphatic carbocycles. The van der Waals surface area contributed by atoms with Crippen LogP contribution in [0.2, 0.25) is 0 Å². The van der Waals surface area contributed by atoms with Gasteiger partial charge >= 0.3 is 0 Å². The molecule has 140 valence electrons. The summed E-state index contributed by atoms with van der Waals surface area (Å²) in [6.45, 7) is 4.42. The first-order valence-corrected chi connectivity index (χ1v) is 8.60. The van der Waals surface area contributed by atoms with E-state index < -0.39 is 0 Å². The van der Waals surface area contributed by atoms with Crippen LogP contribution in [0.1, 0.15) is 16.8 Å². The van der Waals surface area contributed by atoms with Gasteiger partial charge in [0.1, 0.15) is 0 Å². The molecular formula is C19H20N4O4. The minimum Gasteiger partial charge on any atom is -0.468 e. The zero-order valence-corrected chi connectivity index (χ0v) is 15.4. The molecule has 1 aliphatic heterocycles. The van der Waals surface area contributed by atoms with Crippen LogP contribution in [-0.2, 0) is 18.4 Å². The smallest absolute Gasteiger partial charge is 0.258 e. The Bertz CT molecular complexity index is 1030. The van der Waals surface area contributed by atoms with Gasteiger partial charge in [0.2, 0.25) is 12.7 Å². The third-order valence-corrected chi connectivity index (χ3v) is 4.42. The number of hydrogen-bond donors (Lipinski definition) is 1. The first kappa shape index (κ1) is 17.1. The van der Waals surface area contributed by atoms with Crippen LogP contribution in [0.5, 0.6) is 17.4 Å². The average molecular weight is 368 g/mol. The molecule has 3 aromatic rings. The number of carbonyl (C=O) groups excluding carboxylic acids is 1. The molecule has 0 fully saturated rings. The second-order valence-corrected chi connectivity index (χ2v) is 6.44. The van der Waals surface area contributed by atoms with Crippen LogP contribution in [0.3, 0.4) is 0 Å². The first-order valence-electron chi connectivity index (χ1n) is 8.60. The molecule has 0 saturated heterocycles. The number of ether oxygens (including phenoxy) is 3. The van der Waals surface area contributed by atoms with Crippen molar-refractivity contribution in [1.29, 1.82) is 0 Å². The fourth-order valence-corrected chi connectivity index (χ4v) is 3.15. The monoisotopic (exact) mass is 368 g/mol. The van der Waals surface area contributed by atoms with Gasteiger partial charge in [0.15, 0.2) is 23.8 Å². The Kier molecular flexibility index (Phi) is 4.31. The summed E-state index contributed by atoms with van der Waals surface area (Å²) >= 11 is 0. The predicted molar refractivity (Wildman–Crippen MR) is 97.9 cm³/mol. The number of aryl methyl sites for hydroxylation is 3. The molecular weight excluding hydrogens is 348 g/mol. The fourth-order valence-electron chi connectivity index (χ4n) is 3.15. The van der Waals surface area contributed by atoms with E-state index in [1.165, 1.54) is 0 Å². The highest BCUT2D eigenvalue weighted by atomic mass is 16.7. The molecule has 0 radical (unpaired) electrons.